The second-order valence-electron chi connectivity index (χ2n) is 6.93. The molecular weight excluding hydrogens is 330 g/mol. The van der Waals surface area contributed by atoms with Gasteiger partial charge in [0.05, 0.1) is 11.4 Å². The zero-order valence-corrected chi connectivity index (χ0v) is 15.2. The van der Waals surface area contributed by atoms with Crippen molar-refractivity contribution in [1.29, 1.82) is 0 Å². The van der Waals surface area contributed by atoms with Gasteiger partial charge in [0.25, 0.3) is 0 Å². The van der Waals surface area contributed by atoms with Crippen molar-refractivity contribution >= 4 is 27.5 Å². The first-order valence-corrected chi connectivity index (χ1v) is 9.13. The molecule has 1 aliphatic rings. The summed E-state index contributed by atoms with van der Waals surface area (Å²) in [6.45, 7) is 5.24. The number of nitrogens with one attached hydrogen (secondary N) is 2. The standard InChI is InChI=1S/C16H23N3O4S/c1-16(2,3)18-15(21)10-19(4)24(22,23)12-6-7-13-11(9-12)5-8-14(20)17-13/h6-7,9H,5,8,10H2,1-4H3,(H,17,20)(H,18,21). The predicted octanol–water partition coefficient (Wildman–Crippen LogP) is 1.11. The highest BCUT2D eigenvalue weighted by molar-refractivity contribution is 7.89. The molecule has 2 amide bonds. The van der Waals surface area contributed by atoms with E-state index in [1.54, 1.807) is 12.1 Å². The third-order valence-corrected chi connectivity index (χ3v) is 5.36. The minimum absolute atomic E-state index is 0.0749. The molecule has 1 heterocycles. The van der Waals surface area contributed by atoms with Crippen molar-refractivity contribution < 1.29 is 18.0 Å². The predicted molar refractivity (Wildman–Crippen MR) is 91.1 cm³/mol. The molecule has 0 saturated heterocycles. The normalized spacial score (nSPS) is 15.0. The highest BCUT2D eigenvalue weighted by atomic mass is 32.2. The van der Waals surface area contributed by atoms with Gasteiger partial charge in [-0.05, 0) is 51.0 Å². The highest BCUT2D eigenvalue weighted by Gasteiger charge is 2.26. The smallest absolute Gasteiger partial charge is 0.243 e. The summed E-state index contributed by atoms with van der Waals surface area (Å²) in [5, 5.41) is 5.45. The summed E-state index contributed by atoms with van der Waals surface area (Å²) in [5.74, 6) is -0.437. The van der Waals surface area contributed by atoms with Crippen LogP contribution in [-0.2, 0) is 26.0 Å². The molecule has 0 radical (unpaired) electrons. The Kier molecular flexibility index (Phi) is 5.00. The molecule has 0 bridgehead atoms. The minimum atomic E-state index is -3.78. The number of amides is 2. The molecule has 0 saturated carbocycles. The molecule has 2 rings (SSSR count). The molecule has 0 fully saturated rings. The molecular formula is C16H23N3O4S. The SMILES string of the molecule is CN(CC(=O)NC(C)(C)C)S(=O)(=O)c1ccc2c(c1)CCC(=O)N2. The van der Waals surface area contributed by atoms with E-state index in [2.05, 4.69) is 10.6 Å². The molecule has 1 aromatic rings. The average Bonchev–Trinajstić information content (AvgIpc) is 2.44. The van der Waals surface area contributed by atoms with Crippen LogP contribution in [0.1, 0.15) is 32.8 Å². The second kappa shape index (κ2) is 6.52. The van der Waals surface area contributed by atoms with Crippen LogP contribution in [0.25, 0.3) is 0 Å². The average molecular weight is 353 g/mol. The van der Waals surface area contributed by atoms with Crippen LogP contribution in [0, 0.1) is 0 Å². The van der Waals surface area contributed by atoms with Gasteiger partial charge < -0.3 is 10.6 Å². The van der Waals surface area contributed by atoms with Gasteiger partial charge in [0.2, 0.25) is 21.8 Å². The first kappa shape index (κ1) is 18.4. The maximum Gasteiger partial charge on any atom is 0.243 e. The molecule has 132 valence electrons. The summed E-state index contributed by atoms with van der Waals surface area (Å²) in [6.07, 6.45) is 0.832. The Morgan fingerprint density at radius 2 is 1.96 bits per heavy atom. The number of nitrogens with zero attached hydrogens (tertiary/aromatic N) is 1. The molecule has 0 aromatic heterocycles. The molecule has 1 aromatic carbocycles. The highest BCUT2D eigenvalue weighted by Crippen LogP contribution is 2.26. The Morgan fingerprint density at radius 1 is 1.29 bits per heavy atom. The summed E-state index contributed by atoms with van der Waals surface area (Å²) in [6, 6.07) is 4.59. The van der Waals surface area contributed by atoms with Crippen molar-refractivity contribution in [3.8, 4) is 0 Å². The summed E-state index contributed by atoms with van der Waals surface area (Å²) in [7, 11) is -2.40. The van der Waals surface area contributed by atoms with E-state index < -0.39 is 15.6 Å². The Bertz CT molecular complexity index is 766. The number of anilines is 1. The molecule has 0 spiro atoms. The quantitative estimate of drug-likeness (QED) is 0.847. The lowest BCUT2D eigenvalue weighted by atomic mass is 10.0. The lowest BCUT2D eigenvalue weighted by Gasteiger charge is -2.24. The van der Waals surface area contributed by atoms with E-state index in [9.17, 15) is 18.0 Å². The van der Waals surface area contributed by atoms with E-state index in [4.69, 9.17) is 0 Å². The number of hydrogen-bond acceptors (Lipinski definition) is 4. The summed E-state index contributed by atoms with van der Waals surface area (Å²) in [4.78, 5) is 23.4. The zero-order chi connectivity index (χ0) is 18.1. The fourth-order valence-corrected chi connectivity index (χ4v) is 3.62. The number of hydrogen-bond donors (Lipinski definition) is 2. The zero-order valence-electron chi connectivity index (χ0n) is 14.3. The fourth-order valence-electron chi connectivity index (χ4n) is 2.45. The first-order valence-electron chi connectivity index (χ1n) is 7.69. The molecule has 0 unspecified atom stereocenters. The van der Waals surface area contributed by atoms with Crippen LogP contribution in [-0.4, -0.2) is 43.7 Å². The summed E-state index contributed by atoms with van der Waals surface area (Å²) >= 11 is 0. The van der Waals surface area contributed by atoms with Gasteiger partial charge in [-0.3, -0.25) is 9.59 Å². The van der Waals surface area contributed by atoms with E-state index in [-0.39, 0.29) is 23.3 Å². The Morgan fingerprint density at radius 3 is 2.58 bits per heavy atom. The van der Waals surface area contributed by atoms with Gasteiger partial charge in [0.1, 0.15) is 0 Å². The van der Waals surface area contributed by atoms with Gasteiger partial charge in [0.15, 0.2) is 0 Å². The molecule has 7 nitrogen and oxygen atoms in total. The lowest BCUT2D eigenvalue weighted by molar-refractivity contribution is -0.122. The van der Waals surface area contributed by atoms with Crippen LogP contribution < -0.4 is 10.6 Å². The van der Waals surface area contributed by atoms with Crippen LogP contribution in [0.5, 0.6) is 0 Å². The number of benzene rings is 1. The van der Waals surface area contributed by atoms with Crippen LogP contribution in [0.15, 0.2) is 23.1 Å². The third-order valence-electron chi connectivity index (χ3n) is 3.56. The van der Waals surface area contributed by atoms with Crippen LogP contribution in [0.3, 0.4) is 0 Å². The first-order chi connectivity index (χ1) is 11.0. The summed E-state index contributed by atoms with van der Waals surface area (Å²) in [5.41, 5.74) is 0.993. The number of carbonyl (C=O) groups excluding carboxylic acids is 2. The van der Waals surface area contributed by atoms with Gasteiger partial charge in [-0.15, -0.1) is 0 Å². The molecule has 2 N–H and O–H groups in total. The van der Waals surface area contributed by atoms with Crippen molar-refractivity contribution in [3.05, 3.63) is 23.8 Å². The van der Waals surface area contributed by atoms with Crippen molar-refractivity contribution in [2.45, 2.75) is 44.0 Å². The number of aryl methyl sites for hydroxylation is 1. The number of likely N-dealkylation sites (N-methyl/N-ethyl adjacent to an activating group) is 1. The minimum Gasteiger partial charge on any atom is -0.350 e. The maximum absolute atomic E-state index is 12.6. The topological polar surface area (TPSA) is 95.6 Å². The number of carbonyl (C=O) groups is 2. The van der Waals surface area contributed by atoms with Crippen molar-refractivity contribution in [2.24, 2.45) is 0 Å². The van der Waals surface area contributed by atoms with Crippen LogP contribution in [0.2, 0.25) is 0 Å². The molecule has 24 heavy (non-hydrogen) atoms. The van der Waals surface area contributed by atoms with E-state index in [1.807, 2.05) is 20.8 Å². The second-order valence-corrected chi connectivity index (χ2v) is 8.97. The van der Waals surface area contributed by atoms with Crippen LogP contribution >= 0.6 is 0 Å². The van der Waals surface area contributed by atoms with Crippen LogP contribution in [0.4, 0.5) is 5.69 Å². The van der Waals surface area contributed by atoms with Crippen molar-refractivity contribution in [1.82, 2.24) is 9.62 Å². The number of sulfonamides is 1. The molecule has 0 aliphatic carbocycles. The molecule has 0 atom stereocenters. The van der Waals surface area contributed by atoms with Gasteiger partial charge in [0, 0.05) is 24.7 Å². The van der Waals surface area contributed by atoms with Gasteiger partial charge in [-0.1, -0.05) is 0 Å². The fraction of sp³-hybridized carbons (Fsp3) is 0.500. The lowest BCUT2D eigenvalue weighted by Crippen LogP contribution is -2.46. The third kappa shape index (κ3) is 4.33. The number of fused-ring (bicyclic) bond motifs is 1. The van der Waals surface area contributed by atoms with Gasteiger partial charge in [-0.2, -0.15) is 4.31 Å². The van der Waals surface area contributed by atoms with E-state index >= 15 is 0 Å². The largest absolute Gasteiger partial charge is 0.350 e. The molecule has 1 aliphatic heterocycles. The van der Waals surface area contributed by atoms with Crippen molar-refractivity contribution in [2.75, 3.05) is 18.9 Å². The number of rotatable bonds is 4. The Hall–Kier alpha value is -1.93. The van der Waals surface area contributed by atoms with Gasteiger partial charge in [-0.25, -0.2) is 8.42 Å². The molecule has 8 heteroatoms. The van der Waals surface area contributed by atoms with E-state index in [0.717, 1.165) is 9.87 Å². The monoisotopic (exact) mass is 353 g/mol. The van der Waals surface area contributed by atoms with E-state index in [0.29, 0.717) is 18.5 Å². The van der Waals surface area contributed by atoms with E-state index in [1.165, 1.54) is 13.1 Å². The Labute approximate surface area is 142 Å². The maximum atomic E-state index is 12.6. The van der Waals surface area contributed by atoms with Gasteiger partial charge >= 0.3 is 0 Å². The Balaban J connectivity index is 2.18. The van der Waals surface area contributed by atoms with Crippen molar-refractivity contribution in [3.63, 3.8) is 0 Å². The summed E-state index contributed by atoms with van der Waals surface area (Å²) < 4.78 is 26.3.